The molecule has 0 bridgehead atoms. The monoisotopic (exact) mass is 319 g/mol. The zero-order valence-electron chi connectivity index (χ0n) is 13.6. The van der Waals surface area contributed by atoms with Crippen molar-refractivity contribution in [2.75, 3.05) is 18.0 Å². The minimum absolute atomic E-state index is 0.462. The van der Waals surface area contributed by atoms with E-state index in [9.17, 15) is 0 Å². The molecule has 0 amide bonds. The highest BCUT2D eigenvalue weighted by Crippen LogP contribution is 2.29. The van der Waals surface area contributed by atoms with Gasteiger partial charge in [0.25, 0.3) is 0 Å². The molecule has 5 nitrogen and oxygen atoms in total. The Labute approximate surface area is 142 Å². The molecular formula is C19H21N5. The van der Waals surface area contributed by atoms with Crippen LogP contribution in [0.25, 0.3) is 0 Å². The molecule has 0 radical (unpaired) electrons. The first kappa shape index (κ1) is 14.9. The van der Waals surface area contributed by atoms with Crippen molar-refractivity contribution in [1.82, 2.24) is 19.5 Å². The average molecular weight is 319 g/mol. The molecule has 1 fully saturated rings. The molecule has 0 saturated carbocycles. The van der Waals surface area contributed by atoms with Gasteiger partial charge >= 0.3 is 0 Å². The van der Waals surface area contributed by atoms with E-state index < -0.39 is 0 Å². The molecule has 24 heavy (non-hydrogen) atoms. The molecule has 1 aliphatic rings. The smallest absolute Gasteiger partial charge is 0.113 e. The second kappa shape index (κ2) is 6.83. The number of hydrogen-bond acceptors (Lipinski definition) is 4. The molecule has 0 aliphatic carbocycles. The lowest BCUT2D eigenvalue weighted by Gasteiger charge is -2.34. The van der Waals surface area contributed by atoms with Crippen LogP contribution < -0.4 is 4.90 Å². The van der Waals surface area contributed by atoms with Crippen LogP contribution >= 0.6 is 0 Å². The van der Waals surface area contributed by atoms with E-state index in [4.69, 9.17) is 0 Å². The molecule has 1 atom stereocenters. The number of anilines is 1. The third-order valence-electron chi connectivity index (χ3n) is 4.66. The van der Waals surface area contributed by atoms with Gasteiger partial charge in [0, 0.05) is 68.4 Å². The minimum atomic E-state index is 0.462. The lowest BCUT2D eigenvalue weighted by Crippen LogP contribution is -2.35. The fraction of sp³-hybridized carbons (Fsp3) is 0.316. The number of hydrogen-bond donors (Lipinski definition) is 0. The maximum atomic E-state index is 4.67. The predicted octanol–water partition coefficient (Wildman–Crippen LogP) is 3.11. The number of aromatic nitrogens is 4. The number of imidazole rings is 1. The summed E-state index contributed by atoms with van der Waals surface area (Å²) in [4.78, 5) is 15.3. The Morgan fingerprint density at radius 2 is 1.71 bits per heavy atom. The third kappa shape index (κ3) is 3.15. The Balaban J connectivity index is 1.53. The second-order valence-electron chi connectivity index (χ2n) is 6.26. The molecule has 3 aromatic heterocycles. The van der Waals surface area contributed by atoms with Gasteiger partial charge in [-0.15, -0.1) is 0 Å². The van der Waals surface area contributed by atoms with E-state index in [1.165, 1.54) is 29.9 Å². The maximum absolute atomic E-state index is 4.67. The van der Waals surface area contributed by atoms with Crippen molar-refractivity contribution >= 4 is 5.69 Å². The largest absolute Gasteiger partial charge is 0.371 e. The van der Waals surface area contributed by atoms with Gasteiger partial charge in [-0.2, -0.15) is 0 Å². The van der Waals surface area contributed by atoms with Crippen LogP contribution in [0.2, 0.25) is 0 Å². The molecule has 0 aromatic carbocycles. The Hall–Kier alpha value is -2.69. The average Bonchev–Trinajstić information content (AvgIpc) is 3.12. The maximum Gasteiger partial charge on any atom is 0.113 e. The minimum Gasteiger partial charge on any atom is -0.371 e. The highest BCUT2D eigenvalue weighted by molar-refractivity contribution is 5.45. The van der Waals surface area contributed by atoms with Gasteiger partial charge in [-0.25, -0.2) is 4.98 Å². The zero-order valence-corrected chi connectivity index (χ0v) is 13.6. The Morgan fingerprint density at radius 3 is 2.50 bits per heavy atom. The number of piperidine rings is 1. The Kier molecular flexibility index (Phi) is 4.23. The van der Waals surface area contributed by atoms with Gasteiger partial charge in [-0.1, -0.05) is 0 Å². The van der Waals surface area contributed by atoms with Crippen LogP contribution in [-0.2, 0) is 6.54 Å². The molecule has 0 unspecified atom stereocenters. The number of nitrogens with zero attached hydrogens (tertiary/aromatic N) is 5. The third-order valence-corrected chi connectivity index (χ3v) is 4.66. The SMILES string of the molecule is c1cc(Cn2ccnc2[C@H]2CCCN(c3ccncc3)C2)ccn1. The summed E-state index contributed by atoms with van der Waals surface area (Å²) < 4.78 is 2.27. The highest BCUT2D eigenvalue weighted by Gasteiger charge is 2.24. The van der Waals surface area contributed by atoms with Gasteiger partial charge < -0.3 is 9.47 Å². The van der Waals surface area contributed by atoms with E-state index in [0.717, 1.165) is 19.6 Å². The second-order valence-corrected chi connectivity index (χ2v) is 6.26. The van der Waals surface area contributed by atoms with Crippen molar-refractivity contribution < 1.29 is 0 Å². The molecule has 4 rings (SSSR count). The van der Waals surface area contributed by atoms with E-state index >= 15 is 0 Å². The Bertz CT molecular complexity index is 769. The Morgan fingerprint density at radius 1 is 0.958 bits per heavy atom. The van der Waals surface area contributed by atoms with E-state index in [1.807, 2.05) is 31.0 Å². The molecule has 0 spiro atoms. The van der Waals surface area contributed by atoms with Crippen molar-refractivity contribution in [3.05, 3.63) is 72.8 Å². The summed E-state index contributed by atoms with van der Waals surface area (Å²) in [5, 5.41) is 0. The first-order valence-electron chi connectivity index (χ1n) is 8.45. The topological polar surface area (TPSA) is 46.8 Å². The van der Waals surface area contributed by atoms with Crippen LogP contribution in [0.3, 0.4) is 0 Å². The molecule has 1 saturated heterocycles. The van der Waals surface area contributed by atoms with Crippen molar-refractivity contribution in [1.29, 1.82) is 0 Å². The molecule has 0 N–H and O–H groups in total. The quantitative estimate of drug-likeness (QED) is 0.741. The molecule has 4 heterocycles. The zero-order chi connectivity index (χ0) is 16.2. The summed E-state index contributed by atoms with van der Waals surface area (Å²) in [5.41, 5.74) is 2.51. The van der Waals surface area contributed by atoms with Gasteiger partial charge in [0.1, 0.15) is 5.82 Å². The molecule has 122 valence electrons. The van der Waals surface area contributed by atoms with Crippen LogP contribution in [0.5, 0.6) is 0 Å². The van der Waals surface area contributed by atoms with Crippen molar-refractivity contribution in [3.63, 3.8) is 0 Å². The number of rotatable bonds is 4. The lowest BCUT2D eigenvalue weighted by molar-refractivity contribution is 0.476. The van der Waals surface area contributed by atoms with Crippen molar-refractivity contribution in [3.8, 4) is 0 Å². The first-order chi connectivity index (χ1) is 11.9. The van der Waals surface area contributed by atoms with Crippen LogP contribution in [-0.4, -0.2) is 32.6 Å². The summed E-state index contributed by atoms with van der Waals surface area (Å²) in [6.45, 7) is 2.96. The summed E-state index contributed by atoms with van der Waals surface area (Å²) in [7, 11) is 0. The van der Waals surface area contributed by atoms with Gasteiger partial charge in [0.05, 0.1) is 0 Å². The standard InChI is InChI=1S/C19H21N5/c1-2-17(15-23(12-1)18-5-9-21-10-6-18)19-22-11-13-24(19)14-16-3-7-20-8-4-16/h3-11,13,17H,1-2,12,14-15H2/t17-/m0/s1. The molecule has 1 aliphatic heterocycles. The molecular weight excluding hydrogens is 298 g/mol. The van der Waals surface area contributed by atoms with Gasteiger partial charge in [-0.3, -0.25) is 9.97 Å². The molecule has 5 heteroatoms. The van der Waals surface area contributed by atoms with Gasteiger partial charge in [0.15, 0.2) is 0 Å². The first-order valence-corrected chi connectivity index (χ1v) is 8.45. The van der Waals surface area contributed by atoms with Crippen LogP contribution in [0.1, 0.15) is 30.1 Å². The predicted molar refractivity (Wildman–Crippen MR) is 94.0 cm³/mol. The number of pyridine rings is 2. The van der Waals surface area contributed by atoms with Gasteiger partial charge in [0.2, 0.25) is 0 Å². The summed E-state index contributed by atoms with van der Waals surface area (Å²) in [6.07, 6.45) is 13.8. The fourth-order valence-electron chi connectivity index (χ4n) is 3.48. The summed E-state index contributed by atoms with van der Waals surface area (Å²) in [5.74, 6) is 1.65. The molecule has 3 aromatic rings. The van der Waals surface area contributed by atoms with E-state index in [2.05, 4.69) is 54.9 Å². The summed E-state index contributed by atoms with van der Waals surface area (Å²) >= 11 is 0. The van der Waals surface area contributed by atoms with Crippen LogP contribution in [0, 0.1) is 0 Å². The summed E-state index contributed by atoms with van der Waals surface area (Å²) in [6, 6.07) is 8.31. The van der Waals surface area contributed by atoms with E-state index in [1.54, 1.807) is 0 Å². The van der Waals surface area contributed by atoms with Crippen LogP contribution in [0.15, 0.2) is 61.4 Å². The van der Waals surface area contributed by atoms with E-state index in [0.29, 0.717) is 5.92 Å². The lowest BCUT2D eigenvalue weighted by atomic mass is 9.96. The highest BCUT2D eigenvalue weighted by atomic mass is 15.2. The van der Waals surface area contributed by atoms with E-state index in [-0.39, 0.29) is 0 Å². The van der Waals surface area contributed by atoms with Gasteiger partial charge in [-0.05, 0) is 42.7 Å². The fourth-order valence-corrected chi connectivity index (χ4v) is 3.48. The van der Waals surface area contributed by atoms with Crippen LogP contribution in [0.4, 0.5) is 5.69 Å². The normalized spacial score (nSPS) is 17.8. The van der Waals surface area contributed by atoms with Crippen molar-refractivity contribution in [2.24, 2.45) is 0 Å². The van der Waals surface area contributed by atoms with Crippen molar-refractivity contribution in [2.45, 2.75) is 25.3 Å².